The quantitative estimate of drug-likeness (QED) is 0.878. The summed E-state index contributed by atoms with van der Waals surface area (Å²) in [4.78, 5) is 17.5. The van der Waals surface area contributed by atoms with E-state index in [1.54, 1.807) is 0 Å². The van der Waals surface area contributed by atoms with Gasteiger partial charge in [0.05, 0.1) is 6.10 Å². The summed E-state index contributed by atoms with van der Waals surface area (Å²) in [6.07, 6.45) is 7.29. The summed E-state index contributed by atoms with van der Waals surface area (Å²) in [6.45, 7) is 4.63. The van der Waals surface area contributed by atoms with Gasteiger partial charge in [-0.3, -0.25) is 0 Å². The molecule has 5 heteroatoms. The third-order valence-electron chi connectivity index (χ3n) is 5.76. The van der Waals surface area contributed by atoms with Gasteiger partial charge >= 0.3 is 6.03 Å². The second kappa shape index (κ2) is 9.93. The summed E-state index contributed by atoms with van der Waals surface area (Å²) in [5.41, 5.74) is 1.15. The second-order valence-corrected chi connectivity index (χ2v) is 7.58. The number of ether oxygens (including phenoxy) is 1. The highest BCUT2D eigenvalue weighted by Gasteiger charge is 2.28. The number of urea groups is 1. The van der Waals surface area contributed by atoms with Crippen molar-refractivity contribution in [3.05, 3.63) is 35.9 Å². The van der Waals surface area contributed by atoms with Crippen LogP contribution in [-0.2, 0) is 11.3 Å². The van der Waals surface area contributed by atoms with Gasteiger partial charge in [0.15, 0.2) is 0 Å². The SMILES string of the molecule is COC1CCN(CC2CCCCCN2C(=O)NCc2ccccc2)CC1. The molecule has 144 valence electrons. The first-order valence-electron chi connectivity index (χ1n) is 10.1. The Balaban J connectivity index is 1.54. The van der Waals surface area contributed by atoms with Crippen molar-refractivity contribution in [1.82, 2.24) is 15.1 Å². The first-order valence-corrected chi connectivity index (χ1v) is 10.1. The molecule has 1 unspecified atom stereocenters. The Morgan fingerprint density at radius 2 is 1.85 bits per heavy atom. The Morgan fingerprint density at radius 3 is 2.58 bits per heavy atom. The van der Waals surface area contributed by atoms with Crippen LogP contribution >= 0.6 is 0 Å². The number of hydrogen-bond acceptors (Lipinski definition) is 3. The van der Waals surface area contributed by atoms with Gasteiger partial charge in [0, 0.05) is 45.9 Å². The van der Waals surface area contributed by atoms with Crippen LogP contribution in [-0.4, -0.2) is 61.3 Å². The van der Waals surface area contributed by atoms with E-state index in [0.29, 0.717) is 18.7 Å². The van der Waals surface area contributed by atoms with Crippen molar-refractivity contribution in [1.29, 1.82) is 0 Å². The van der Waals surface area contributed by atoms with Crippen LogP contribution in [0.15, 0.2) is 30.3 Å². The molecule has 1 N–H and O–H groups in total. The van der Waals surface area contributed by atoms with E-state index in [2.05, 4.69) is 27.2 Å². The van der Waals surface area contributed by atoms with E-state index in [4.69, 9.17) is 4.74 Å². The zero-order chi connectivity index (χ0) is 18.2. The number of methoxy groups -OCH3 is 1. The van der Waals surface area contributed by atoms with Crippen LogP contribution < -0.4 is 5.32 Å². The van der Waals surface area contributed by atoms with Crippen LogP contribution in [0.5, 0.6) is 0 Å². The third-order valence-corrected chi connectivity index (χ3v) is 5.76. The minimum absolute atomic E-state index is 0.0903. The molecule has 5 nitrogen and oxygen atoms in total. The number of carbonyl (C=O) groups is 1. The number of amides is 2. The number of carbonyl (C=O) groups excluding carboxylic acids is 1. The first-order chi connectivity index (χ1) is 12.8. The van der Waals surface area contributed by atoms with Crippen LogP contribution in [0.2, 0.25) is 0 Å². The van der Waals surface area contributed by atoms with Crippen LogP contribution in [0.4, 0.5) is 4.79 Å². The van der Waals surface area contributed by atoms with Gasteiger partial charge in [-0.15, -0.1) is 0 Å². The minimum atomic E-state index is 0.0903. The molecule has 2 aliphatic heterocycles. The third kappa shape index (κ3) is 5.45. The molecular formula is C21H33N3O2. The molecule has 2 amide bonds. The molecule has 2 saturated heterocycles. The van der Waals surface area contributed by atoms with Crippen molar-refractivity contribution in [2.75, 3.05) is 33.3 Å². The van der Waals surface area contributed by atoms with Crippen LogP contribution in [0.3, 0.4) is 0 Å². The van der Waals surface area contributed by atoms with Crippen molar-refractivity contribution in [3.8, 4) is 0 Å². The highest BCUT2D eigenvalue weighted by molar-refractivity contribution is 5.74. The Bertz CT molecular complexity index is 543. The van der Waals surface area contributed by atoms with E-state index in [1.165, 1.54) is 12.8 Å². The second-order valence-electron chi connectivity index (χ2n) is 7.58. The van der Waals surface area contributed by atoms with E-state index in [1.807, 2.05) is 25.3 Å². The van der Waals surface area contributed by atoms with E-state index in [9.17, 15) is 4.79 Å². The lowest BCUT2D eigenvalue weighted by molar-refractivity contribution is 0.0331. The van der Waals surface area contributed by atoms with Crippen molar-refractivity contribution in [3.63, 3.8) is 0 Å². The van der Waals surface area contributed by atoms with E-state index >= 15 is 0 Å². The van der Waals surface area contributed by atoms with Crippen molar-refractivity contribution in [2.45, 2.75) is 57.2 Å². The maximum atomic E-state index is 12.9. The Labute approximate surface area is 157 Å². The normalized spacial score (nSPS) is 22.8. The number of hydrogen-bond donors (Lipinski definition) is 1. The molecule has 0 saturated carbocycles. The summed E-state index contributed by atoms with van der Waals surface area (Å²) >= 11 is 0. The molecule has 26 heavy (non-hydrogen) atoms. The fraction of sp³-hybridized carbons (Fsp3) is 0.667. The Hall–Kier alpha value is -1.59. The molecule has 2 heterocycles. The molecule has 2 aliphatic rings. The Morgan fingerprint density at radius 1 is 1.08 bits per heavy atom. The highest BCUT2D eigenvalue weighted by atomic mass is 16.5. The fourth-order valence-electron chi connectivity index (χ4n) is 4.14. The lowest BCUT2D eigenvalue weighted by Gasteiger charge is -2.37. The number of nitrogens with zero attached hydrogens (tertiary/aromatic N) is 2. The number of rotatable bonds is 5. The first kappa shape index (κ1) is 19.2. The molecular weight excluding hydrogens is 326 g/mol. The van der Waals surface area contributed by atoms with E-state index in [-0.39, 0.29) is 6.03 Å². The van der Waals surface area contributed by atoms with Gasteiger partial charge in [-0.1, -0.05) is 43.2 Å². The zero-order valence-corrected chi connectivity index (χ0v) is 16.0. The minimum Gasteiger partial charge on any atom is -0.381 e. The fourth-order valence-corrected chi connectivity index (χ4v) is 4.14. The number of piperidine rings is 1. The lowest BCUT2D eigenvalue weighted by Crippen LogP contribution is -2.51. The van der Waals surface area contributed by atoms with E-state index in [0.717, 1.165) is 57.4 Å². The van der Waals surface area contributed by atoms with Gasteiger partial charge in [0.2, 0.25) is 0 Å². The molecule has 1 atom stereocenters. The molecule has 0 spiro atoms. The predicted molar refractivity (Wildman–Crippen MR) is 104 cm³/mol. The van der Waals surface area contributed by atoms with Crippen molar-refractivity contribution in [2.24, 2.45) is 0 Å². The molecule has 2 fully saturated rings. The topological polar surface area (TPSA) is 44.8 Å². The molecule has 0 aliphatic carbocycles. The predicted octanol–water partition coefficient (Wildman–Crippen LogP) is 3.25. The summed E-state index contributed by atoms with van der Waals surface area (Å²) in [7, 11) is 1.81. The standard InChI is InChI=1S/C21H33N3O2/c1-26-20-11-14-23(15-12-20)17-19-10-6-3-7-13-24(19)21(25)22-16-18-8-4-2-5-9-18/h2,4-5,8-9,19-20H,3,6-7,10-17H2,1H3,(H,22,25). The van der Waals surface area contributed by atoms with Gasteiger partial charge < -0.3 is 19.9 Å². The van der Waals surface area contributed by atoms with Crippen LogP contribution in [0, 0.1) is 0 Å². The summed E-state index contributed by atoms with van der Waals surface area (Å²) in [5, 5.41) is 3.13. The maximum Gasteiger partial charge on any atom is 0.317 e. The highest BCUT2D eigenvalue weighted by Crippen LogP contribution is 2.20. The summed E-state index contributed by atoms with van der Waals surface area (Å²) in [6, 6.07) is 10.6. The van der Waals surface area contributed by atoms with Crippen molar-refractivity contribution >= 4 is 6.03 Å². The molecule has 3 rings (SSSR count). The molecule has 0 radical (unpaired) electrons. The monoisotopic (exact) mass is 359 g/mol. The van der Waals surface area contributed by atoms with Crippen molar-refractivity contribution < 1.29 is 9.53 Å². The van der Waals surface area contributed by atoms with Crippen LogP contribution in [0.25, 0.3) is 0 Å². The Kier molecular flexibility index (Phi) is 7.32. The average molecular weight is 360 g/mol. The molecule has 0 aromatic heterocycles. The average Bonchev–Trinajstić information content (AvgIpc) is 2.93. The van der Waals surface area contributed by atoms with Gasteiger partial charge in [0.1, 0.15) is 0 Å². The smallest absolute Gasteiger partial charge is 0.317 e. The summed E-state index contributed by atoms with van der Waals surface area (Å²) < 4.78 is 5.48. The number of benzene rings is 1. The van der Waals surface area contributed by atoms with Gasteiger partial charge in [-0.25, -0.2) is 4.79 Å². The van der Waals surface area contributed by atoms with Gasteiger partial charge in [-0.2, -0.15) is 0 Å². The van der Waals surface area contributed by atoms with E-state index < -0.39 is 0 Å². The number of likely N-dealkylation sites (tertiary alicyclic amines) is 2. The number of nitrogens with one attached hydrogen (secondary N) is 1. The van der Waals surface area contributed by atoms with Gasteiger partial charge in [-0.05, 0) is 31.2 Å². The lowest BCUT2D eigenvalue weighted by atomic mass is 10.0. The maximum absolute atomic E-state index is 12.9. The summed E-state index contributed by atoms with van der Waals surface area (Å²) in [5.74, 6) is 0. The van der Waals surface area contributed by atoms with Crippen LogP contribution in [0.1, 0.15) is 44.1 Å². The largest absolute Gasteiger partial charge is 0.381 e. The molecule has 0 bridgehead atoms. The molecule has 1 aromatic rings. The molecule has 1 aromatic carbocycles. The van der Waals surface area contributed by atoms with Gasteiger partial charge in [0.25, 0.3) is 0 Å². The zero-order valence-electron chi connectivity index (χ0n) is 16.0.